The molecule has 0 aromatic heterocycles. The van der Waals surface area contributed by atoms with Crippen LogP contribution in [-0.2, 0) is 4.74 Å². The van der Waals surface area contributed by atoms with Gasteiger partial charge in [0.15, 0.2) is 0 Å². The summed E-state index contributed by atoms with van der Waals surface area (Å²) in [6, 6.07) is 0.344. The molecule has 0 bridgehead atoms. The van der Waals surface area contributed by atoms with Gasteiger partial charge in [0.05, 0.1) is 6.10 Å². The molecule has 1 aliphatic heterocycles. The second-order valence-corrected chi connectivity index (χ2v) is 8.86. The minimum Gasteiger partial charge on any atom is -0.380 e. The average molecular weight is 323 g/mol. The normalized spacial score (nSPS) is 30.5. The third-order valence-corrected chi connectivity index (χ3v) is 3.67. The number of hydrogen-bond donors (Lipinski definition) is 0. The van der Waals surface area contributed by atoms with Crippen molar-refractivity contribution in [3.63, 3.8) is 0 Å². The van der Waals surface area contributed by atoms with Crippen LogP contribution < -0.4 is 0 Å². The van der Waals surface area contributed by atoms with Crippen LogP contribution in [0, 0.1) is 0 Å². The number of halogens is 1. The largest absolute Gasteiger partial charge is 0.380 e. The molecule has 0 aromatic carbocycles. The number of ether oxygens (including phenoxy) is 1. The fourth-order valence-corrected chi connectivity index (χ4v) is 2.22. The fourth-order valence-electron chi connectivity index (χ4n) is 1.88. The van der Waals surface area contributed by atoms with Crippen LogP contribution in [0.25, 0.3) is 0 Å². The van der Waals surface area contributed by atoms with Gasteiger partial charge >= 0.3 is 0 Å². The van der Waals surface area contributed by atoms with Crippen molar-refractivity contribution in [3.05, 3.63) is 0 Å². The predicted octanol–water partition coefficient (Wildman–Crippen LogP) is 1.66. The van der Waals surface area contributed by atoms with E-state index in [-0.39, 0.29) is 8.96 Å². The van der Waals surface area contributed by atoms with Gasteiger partial charge in [-0.3, -0.25) is 4.90 Å². The summed E-state index contributed by atoms with van der Waals surface area (Å²) in [5, 5.41) is 0. The average Bonchev–Trinajstić information content (AvgIpc) is 1.99. The molecule has 2 nitrogen and oxygen atoms in total. The number of hydrogen-bond acceptors (Lipinski definition) is 2. The van der Waals surface area contributed by atoms with E-state index in [1.54, 1.807) is 0 Å². The SMILES string of the molecule is BC1CN(C(C)(C)C)CC(C(C)(C)I)O1. The van der Waals surface area contributed by atoms with Gasteiger partial charge in [-0.25, -0.2) is 0 Å². The first kappa shape index (κ1) is 13.8. The van der Waals surface area contributed by atoms with Crippen molar-refractivity contribution < 1.29 is 4.74 Å². The summed E-state index contributed by atoms with van der Waals surface area (Å²) in [6.07, 6.45) is 0.334. The van der Waals surface area contributed by atoms with Crippen molar-refractivity contribution in [3.8, 4) is 0 Å². The molecule has 88 valence electrons. The van der Waals surface area contributed by atoms with Crippen LogP contribution in [-0.4, -0.2) is 46.9 Å². The lowest BCUT2D eigenvalue weighted by Gasteiger charge is -2.47. The maximum atomic E-state index is 6.03. The van der Waals surface area contributed by atoms with E-state index in [1.165, 1.54) is 0 Å². The molecule has 0 amide bonds. The Balaban J connectivity index is 2.73. The number of rotatable bonds is 1. The van der Waals surface area contributed by atoms with E-state index in [0.29, 0.717) is 12.1 Å². The molecule has 1 aliphatic rings. The summed E-state index contributed by atoms with van der Waals surface area (Å²) in [4.78, 5) is 2.53. The minimum atomic E-state index is 0.204. The van der Waals surface area contributed by atoms with Gasteiger partial charge in [0.2, 0.25) is 0 Å². The van der Waals surface area contributed by atoms with Gasteiger partial charge in [-0.2, -0.15) is 0 Å². The quantitative estimate of drug-likeness (QED) is 0.413. The summed E-state index contributed by atoms with van der Waals surface area (Å²) in [6.45, 7) is 13.4. The lowest BCUT2D eigenvalue weighted by molar-refractivity contribution is -0.0842. The van der Waals surface area contributed by atoms with Crippen molar-refractivity contribution in [2.75, 3.05) is 13.1 Å². The Morgan fingerprint density at radius 1 is 1.20 bits per heavy atom. The molecule has 1 rings (SSSR count). The van der Waals surface area contributed by atoms with Crippen LogP contribution in [0.5, 0.6) is 0 Å². The first-order valence-electron chi connectivity index (χ1n) is 5.70. The van der Waals surface area contributed by atoms with Crippen molar-refractivity contribution >= 4 is 30.4 Å². The van der Waals surface area contributed by atoms with Crippen LogP contribution in [0.4, 0.5) is 0 Å². The summed E-state index contributed by atoms with van der Waals surface area (Å²) in [7, 11) is 2.17. The van der Waals surface area contributed by atoms with Crippen LogP contribution in [0.2, 0.25) is 0 Å². The molecule has 0 radical (unpaired) electrons. The number of morpholine rings is 1. The van der Waals surface area contributed by atoms with Crippen LogP contribution in [0.1, 0.15) is 34.6 Å². The van der Waals surface area contributed by atoms with Crippen molar-refractivity contribution in [1.29, 1.82) is 0 Å². The fraction of sp³-hybridized carbons (Fsp3) is 1.00. The zero-order valence-electron chi connectivity index (χ0n) is 10.8. The maximum Gasteiger partial charge on any atom is 0.140 e. The van der Waals surface area contributed by atoms with E-state index in [0.717, 1.165) is 13.1 Å². The van der Waals surface area contributed by atoms with Crippen LogP contribution >= 0.6 is 22.6 Å². The number of alkyl halides is 1. The minimum absolute atomic E-state index is 0.204. The Morgan fingerprint density at radius 2 is 1.73 bits per heavy atom. The second-order valence-electron chi connectivity index (χ2n) is 6.08. The van der Waals surface area contributed by atoms with Gasteiger partial charge in [-0.15, -0.1) is 0 Å². The Kier molecular flexibility index (Phi) is 4.16. The smallest absolute Gasteiger partial charge is 0.140 e. The molecule has 4 heteroatoms. The lowest BCUT2D eigenvalue weighted by atomic mass is 9.91. The summed E-state index contributed by atoms with van der Waals surface area (Å²) < 4.78 is 6.23. The molecule has 15 heavy (non-hydrogen) atoms. The van der Waals surface area contributed by atoms with Crippen LogP contribution in [0.15, 0.2) is 0 Å². The molecule has 1 heterocycles. The van der Waals surface area contributed by atoms with E-state index in [2.05, 4.69) is 70.0 Å². The molecule has 0 saturated carbocycles. The van der Waals surface area contributed by atoms with Crippen molar-refractivity contribution in [1.82, 2.24) is 4.90 Å². The van der Waals surface area contributed by atoms with Gasteiger partial charge in [0, 0.05) is 28.1 Å². The monoisotopic (exact) mass is 323 g/mol. The Hall–Kier alpha value is 0.715. The lowest BCUT2D eigenvalue weighted by Crippen LogP contribution is -2.58. The molecule has 2 unspecified atom stereocenters. The summed E-state index contributed by atoms with van der Waals surface area (Å²) in [5.41, 5.74) is 0.248. The first-order chi connectivity index (χ1) is 6.60. The van der Waals surface area contributed by atoms with Crippen molar-refractivity contribution in [2.45, 2.75) is 55.7 Å². The highest BCUT2D eigenvalue weighted by Crippen LogP contribution is 2.30. The topological polar surface area (TPSA) is 12.5 Å². The van der Waals surface area contributed by atoms with Gasteiger partial charge < -0.3 is 4.74 Å². The van der Waals surface area contributed by atoms with Gasteiger partial charge in [-0.05, 0) is 34.6 Å². The summed E-state index contributed by atoms with van der Waals surface area (Å²) >= 11 is 2.49. The Morgan fingerprint density at radius 3 is 2.13 bits per heavy atom. The molecule has 1 fully saturated rings. The zero-order chi connectivity index (χ0) is 11.9. The van der Waals surface area contributed by atoms with Gasteiger partial charge in [0.1, 0.15) is 7.85 Å². The van der Waals surface area contributed by atoms with E-state index in [9.17, 15) is 0 Å². The molecular formula is C11H23BINO. The molecule has 1 saturated heterocycles. The molecule has 0 aromatic rings. The Labute approximate surface area is 109 Å². The van der Waals surface area contributed by atoms with E-state index in [1.807, 2.05) is 0 Å². The zero-order valence-corrected chi connectivity index (χ0v) is 13.0. The molecule has 0 N–H and O–H groups in total. The third-order valence-electron chi connectivity index (χ3n) is 2.97. The highest BCUT2D eigenvalue weighted by Gasteiger charge is 2.37. The summed E-state index contributed by atoms with van der Waals surface area (Å²) in [5.74, 6) is 0. The van der Waals surface area contributed by atoms with E-state index >= 15 is 0 Å². The standard InChI is InChI=1S/C11H23BINO/c1-10(2,3)14-6-8(11(4,5)13)15-9(12)7-14/h8-9H,6-7,12H2,1-5H3. The molecule has 0 aliphatic carbocycles. The van der Waals surface area contributed by atoms with E-state index < -0.39 is 0 Å². The Bertz CT molecular complexity index is 200. The maximum absolute atomic E-state index is 6.03. The molecule has 2 atom stereocenters. The second kappa shape index (κ2) is 4.53. The predicted molar refractivity (Wildman–Crippen MR) is 76.6 cm³/mol. The van der Waals surface area contributed by atoms with Gasteiger partial charge in [-0.1, -0.05) is 22.6 Å². The van der Waals surface area contributed by atoms with E-state index in [4.69, 9.17) is 4.74 Å². The van der Waals surface area contributed by atoms with Gasteiger partial charge in [0.25, 0.3) is 0 Å². The van der Waals surface area contributed by atoms with Crippen molar-refractivity contribution in [2.24, 2.45) is 0 Å². The number of nitrogens with zero attached hydrogens (tertiary/aromatic N) is 1. The molecule has 0 spiro atoms. The first-order valence-corrected chi connectivity index (χ1v) is 6.78. The molecular weight excluding hydrogens is 300 g/mol. The third kappa shape index (κ3) is 3.89. The highest BCUT2D eigenvalue weighted by molar-refractivity contribution is 14.1. The van der Waals surface area contributed by atoms with Crippen LogP contribution in [0.3, 0.4) is 0 Å². The highest BCUT2D eigenvalue weighted by atomic mass is 127.